The van der Waals surface area contributed by atoms with E-state index in [2.05, 4.69) is 5.16 Å². The van der Waals surface area contributed by atoms with Gasteiger partial charge in [-0.1, -0.05) is 35.5 Å². The summed E-state index contributed by atoms with van der Waals surface area (Å²) in [5.74, 6) is -0.0800. The first-order chi connectivity index (χ1) is 12.9. The minimum absolute atomic E-state index is 0.0800. The van der Waals surface area contributed by atoms with Gasteiger partial charge >= 0.3 is 6.18 Å². The molecule has 1 unspecified atom stereocenters. The van der Waals surface area contributed by atoms with E-state index in [1.54, 1.807) is 35.2 Å². The van der Waals surface area contributed by atoms with E-state index in [1.807, 2.05) is 6.07 Å². The van der Waals surface area contributed by atoms with Gasteiger partial charge in [0.2, 0.25) is 0 Å². The molecule has 0 bridgehead atoms. The third-order valence-electron chi connectivity index (χ3n) is 4.99. The van der Waals surface area contributed by atoms with Gasteiger partial charge in [-0.3, -0.25) is 4.79 Å². The van der Waals surface area contributed by atoms with E-state index in [4.69, 9.17) is 4.84 Å². The van der Waals surface area contributed by atoms with Crippen LogP contribution in [-0.4, -0.2) is 35.2 Å². The van der Waals surface area contributed by atoms with Gasteiger partial charge in [0, 0.05) is 30.5 Å². The molecule has 0 saturated carbocycles. The highest BCUT2D eigenvalue weighted by Crippen LogP contribution is 2.37. The van der Waals surface area contributed by atoms with Gasteiger partial charge in [0.25, 0.3) is 5.91 Å². The molecule has 0 aliphatic carbocycles. The number of oxime groups is 1. The first-order valence-electron chi connectivity index (χ1n) is 8.63. The molecule has 27 heavy (non-hydrogen) atoms. The number of alkyl halides is 3. The van der Waals surface area contributed by atoms with Crippen LogP contribution in [0.3, 0.4) is 0 Å². The van der Waals surface area contributed by atoms with Crippen LogP contribution in [0.2, 0.25) is 0 Å². The Morgan fingerprint density at radius 1 is 1.11 bits per heavy atom. The maximum atomic E-state index is 12.9. The van der Waals surface area contributed by atoms with Crippen molar-refractivity contribution < 1.29 is 22.8 Å². The molecule has 0 N–H and O–H groups in total. The van der Waals surface area contributed by atoms with Crippen LogP contribution in [0.15, 0.2) is 59.8 Å². The van der Waals surface area contributed by atoms with Gasteiger partial charge < -0.3 is 9.74 Å². The van der Waals surface area contributed by atoms with E-state index in [0.29, 0.717) is 42.8 Å². The fourth-order valence-corrected chi connectivity index (χ4v) is 3.55. The molecule has 2 aliphatic rings. The van der Waals surface area contributed by atoms with Gasteiger partial charge in [0.15, 0.2) is 5.60 Å². The van der Waals surface area contributed by atoms with Crippen LogP contribution in [0.4, 0.5) is 13.2 Å². The molecular formula is C20H17F3N2O2. The van der Waals surface area contributed by atoms with E-state index in [-0.39, 0.29) is 5.91 Å². The topological polar surface area (TPSA) is 41.9 Å². The molecule has 0 aromatic heterocycles. The van der Waals surface area contributed by atoms with E-state index < -0.39 is 17.3 Å². The summed E-state index contributed by atoms with van der Waals surface area (Å²) in [4.78, 5) is 19.9. The quantitative estimate of drug-likeness (QED) is 0.794. The van der Waals surface area contributed by atoms with Crippen LogP contribution in [0.5, 0.6) is 0 Å². The summed E-state index contributed by atoms with van der Waals surface area (Å²) >= 11 is 0. The fraction of sp³-hybridized carbons (Fsp3) is 0.300. The Morgan fingerprint density at radius 2 is 1.89 bits per heavy atom. The van der Waals surface area contributed by atoms with Gasteiger partial charge in [-0.15, -0.1) is 0 Å². The first-order valence-corrected chi connectivity index (χ1v) is 8.63. The van der Waals surface area contributed by atoms with Crippen molar-refractivity contribution in [3.8, 4) is 0 Å². The standard InChI is InChI=1S/C20H17F3N2O2/c21-20(22,23)16-8-4-7-15(11-16)17-12-19(27-24-17)9-10-25(13-19)18(26)14-5-2-1-3-6-14/h1-8,11H,9-10,12-13H2. The number of carbonyl (C=O) groups excluding carboxylic acids is 1. The third-order valence-corrected chi connectivity index (χ3v) is 4.99. The average molecular weight is 374 g/mol. The number of rotatable bonds is 2. The zero-order chi connectivity index (χ0) is 19.1. The Balaban J connectivity index is 1.47. The predicted molar refractivity (Wildman–Crippen MR) is 93.4 cm³/mol. The second-order valence-electron chi connectivity index (χ2n) is 6.91. The van der Waals surface area contributed by atoms with Crippen molar-refractivity contribution in [2.75, 3.05) is 13.1 Å². The van der Waals surface area contributed by atoms with Gasteiger partial charge in [-0.05, 0) is 24.3 Å². The Labute approximate surface area is 154 Å². The maximum Gasteiger partial charge on any atom is 0.416 e. The van der Waals surface area contributed by atoms with Crippen molar-refractivity contribution >= 4 is 11.6 Å². The molecule has 2 heterocycles. The van der Waals surface area contributed by atoms with E-state index >= 15 is 0 Å². The number of carbonyl (C=O) groups is 1. The van der Waals surface area contributed by atoms with Crippen LogP contribution in [0.1, 0.15) is 34.3 Å². The molecule has 0 radical (unpaired) electrons. The van der Waals surface area contributed by atoms with Crippen molar-refractivity contribution in [3.05, 3.63) is 71.3 Å². The normalized spacial score (nSPS) is 22.0. The predicted octanol–water partition coefficient (Wildman–Crippen LogP) is 4.11. The van der Waals surface area contributed by atoms with Crippen molar-refractivity contribution in [2.45, 2.75) is 24.6 Å². The van der Waals surface area contributed by atoms with E-state index in [0.717, 1.165) is 12.1 Å². The molecule has 1 spiro atoms. The molecule has 1 fully saturated rings. The number of nitrogens with zero attached hydrogens (tertiary/aromatic N) is 2. The molecule has 2 aliphatic heterocycles. The molecule has 1 saturated heterocycles. The monoisotopic (exact) mass is 374 g/mol. The number of amides is 1. The molecule has 140 valence electrons. The van der Waals surface area contributed by atoms with Gasteiger partial charge in [-0.25, -0.2) is 0 Å². The highest BCUT2D eigenvalue weighted by molar-refractivity contribution is 6.02. The fourth-order valence-electron chi connectivity index (χ4n) is 3.55. The third kappa shape index (κ3) is 3.41. The highest BCUT2D eigenvalue weighted by atomic mass is 19.4. The van der Waals surface area contributed by atoms with Gasteiger partial charge in [0.1, 0.15) is 0 Å². The number of likely N-dealkylation sites (tertiary alicyclic amines) is 1. The molecular weight excluding hydrogens is 357 g/mol. The van der Waals surface area contributed by atoms with Crippen LogP contribution in [0, 0.1) is 0 Å². The van der Waals surface area contributed by atoms with Crippen molar-refractivity contribution in [1.82, 2.24) is 4.90 Å². The Hall–Kier alpha value is -2.83. The van der Waals surface area contributed by atoms with Crippen molar-refractivity contribution in [1.29, 1.82) is 0 Å². The van der Waals surface area contributed by atoms with Crippen molar-refractivity contribution in [2.24, 2.45) is 5.16 Å². The summed E-state index contributed by atoms with van der Waals surface area (Å²) < 4.78 is 38.8. The second kappa shape index (κ2) is 6.40. The van der Waals surface area contributed by atoms with E-state index in [9.17, 15) is 18.0 Å². The molecule has 4 nitrogen and oxygen atoms in total. The largest absolute Gasteiger partial charge is 0.416 e. The number of hydrogen-bond donors (Lipinski definition) is 0. The second-order valence-corrected chi connectivity index (χ2v) is 6.91. The van der Waals surface area contributed by atoms with Gasteiger partial charge in [0.05, 0.1) is 17.8 Å². The highest BCUT2D eigenvalue weighted by Gasteiger charge is 2.47. The van der Waals surface area contributed by atoms with Crippen LogP contribution >= 0.6 is 0 Å². The Morgan fingerprint density at radius 3 is 2.63 bits per heavy atom. The molecule has 1 atom stereocenters. The molecule has 4 rings (SSSR count). The summed E-state index contributed by atoms with van der Waals surface area (Å²) in [6.45, 7) is 0.895. The Kier molecular flexibility index (Phi) is 4.17. The molecule has 2 aromatic carbocycles. The number of hydrogen-bond acceptors (Lipinski definition) is 3. The summed E-state index contributed by atoms with van der Waals surface area (Å²) in [6.07, 6.45) is -3.43. The minimum Gasteiger partial charge on any atom is -0.387 e. The smallest absolute Gasteiger partial charge is 0.387 e. The summed E-state index contributed by atoms with van der Waals surface area (Å²) in [7, 11) is 0. The first kappa shape index (κ1) is 17.6. The molecule has 2 aromatic rings. The summed E-state index contributed by atoms with van der Waals surface area (Å²) in [6, 6.07) is 14.1. The van der Waals surface area contributed by atoms with Crippen molar-refractivity contribution in [3.63, 3.8) is 0 Å². The molecule has 1 amide bonds. The number of halogens is 3. The zero-order valence-electron chi connectivity index (χ0n) is 14.4. The van der Waals surface area contributed by atoms with E-state index in [1.165, 1.54) is 6.07 Å². The van der Waals surface area contributed by atoms with Crippen LogP contribution < -0.4 is 0 Å². The number of benzene rings is 2. The SMILES string of the molecule is O=C(c1ccccc1)N1CCC2(CC(c3cccc(C(F)(F)F)c3)=NO2)C1. The average Bonchev–Trinajstić information content (AvgIpc) is 3.29. The lowest BCUT2D eigenvalue weighted by molar-refractivity contribution is -0.137. The lowest BCUT2D eigenvalue weighted by atomic mass is 9.93. The lowest BCUT2D eigenvalue weighted by Gasteiger charge is -2.21. The maximum absolute atomic E-state index is 12.9. The summed E-state index contributed by atoms with van der Waals surface area (Å²) in [5.41, 5.74) is 0.112. The Bertz CT molecular complexity index is 896. The van der Waals surface area contributed by atoms with Crippen LogP contribution in [-0.2, 0) is 11.0 Å². The minimum atomic E-state index is -4.40. The van der Waals surface area contributed by atoms with Gasteiger partial charge in [-0.2, -0.15) is 13.2 Å². The summed E-state index contributed by atoms with van der Waals surface area (Å²) in [5, 5.41) is 4.04. The molecule has 7 heteroatoms. The lowest BCUT2D eigenvalue weighted by Crippen LogP contribution is -2.36. The zero-order valence-corrected chi connectivity index (χ0v) is 14.4. The van der Waals surface area contributed by atoms with Crippen LogP contribution in [0.25, 0.3) is 0 Å².